The van der Waals surface area contributed by atoms with Crippen LogP contribution in [0.25, 0.3) is 0 Å². The Morgan fingerprint density at radius 1 is 1.13 bits per heavy atom. The van der Waals surface area contributed by atoms with Crippen LogP contribution in [-0.2, 0) is 9.59 Å². The lowest BCUT2D eigenvalue weighted by molar-refractivity contribution is -0.130. The van der Waals surface area contributed by atoms with E-state index in [0.717, 1.165) is 24.8 Å². The van der Waals surface area contributed by atoms with Crippen molar-refractivity contribution in [2.45, 2.75) is 58.8 Å². The lowest BCUT2D eigenvalue weighted by Gasteiger charge is -2.57. The minimum absolute atomic E-state index is 0.0799. The number of rotatable bonds is 0. The summed E-state index contributed by atoms with van der Waals surface area (Å²) in [4.78, 5) is 24.6. The molecule has 0 radical (unpaired) electrons. The summed E-state index contributed by atoms with van der Waals surface area (Å²) in [7, 11) is 0. The molecular formula is C21H26O2. The standard InChI is InChI=1S/C21H26O2/c1-4-13-5-6-16-15-12-19(23)18-11-14(22)7-9-21(18,3)17(15)8-10-20(13,16)2/h1,11,13,15-17H,5-10,12H2,2-3H3/t13-,15?,16?,17?,20+,21+/m0/s1. The summed E-state index contributed by atoms with van der Waals surface area (Å²) >= 11 is 0. The van der Waals surface area contributed by atoms with E-state index in [0.29, 0.717) is 36.5 Å². The highest BCUT2D eigenvalue weighted by atomic mass is 16.1. The van der Waals surface area contributed by atoms with Gasteiger partial charge in [-0.15, -0.1) is 12.3 Å². The average molecular weight is 310 g/mol. The molecule has 0 heterocycles. The van der Waals surface area contributed by atoms with Gasteiger partial charge in [-0.2, -0.15) is 0 Å². The number of hydrogen-bond donors (Lipinski definition) is 0. The van der Waals surface area contributed by atoms with E-state index >= 15 is 0 Å². The Labute approximate surface area is 139 Å². The molecule has 122 valence electrons. The van der Waals surface area contributed by atoms with E-state index in [2.05, 4.69) is 19.8 Å². The van der Waals surface area contributed by atoms with Crippen LogP contribution < -0.4 is 0 Å². The molecule has 0 aromatic rings. The van der Waals surface area contributed by atoms with Gasteiger partial charge in [-0.3, -0.25) is 9.59 Å². The Bertz CT molecular complexity index is 651. The van der Waals surface area contributed by atoms with Crippen molar-refractivity contribution < 1.29 is 9.59 Å². The Balaban J connectivity index is 1.74. The van der Waals surface area contributed by atoms with Crippen molar-refractivity contribution in [2.75, 3.05) is 0 Å². The summed E-state index contributed by atoms with van der Waals surface area (Å²) in [5, 5.41) is 0. The van der Waals surface area contributed by atoms with Crippen LogP contribution in [0.2, 0.25) is 0 Å². The lowest BCUT2D eigenvalue weighted by Crippen LogP contribution is -2.52. The second kappa shape index (κ2) is 4.82. The fraction of sp³-hybridized carbons (Fsp3) is 0.714. The number of fused-ring (bicyclic) bond motifs is 5. The topological polar surface area (TPSA) is 34.1 Å². The number of terminal acetylenes is 1. The first-order chi connectivity index (χ1) is 10.9. The maximum Gasteiger partial charge on any atom is 0.159 e. The largest absolute Gasteiger partial charge is 0.295 e. The van der Waals surface area contributed by atoms with Crippen LogP contribution in [0.3, 0.4) is 0 Å². The predicted molar refractivity (Wildman–Crippen MR) is 89.4 cm³/mol. The molecule has 0 aromatic carbocycles. The zero-order valence-corrected chi connectivity index (χ0v) is 14.2. The molecule has 2 nitrogen and oxygen atoms in total. The molecule has 4 aliphatic carbocycles. The van der Waals surface area contributed by atoms with Gasteiger partial charge in [0.15, 0.2) is 11.6 Å². The Morgan fingerprint density at radius 3 is 2.65 bits per heavy atom. The second-order valence-electron chi connectivity index (χ2n) is 8.79. The third-order valence-corrected chi connectivity index (χ3v) is 7.99. The Morgan fingerprint density at radius 2 is 1.91 bits per heavy atom. The van der Waals surface area contributed by atoms with Crippen molar-refractivity contribution in [3.8, 4) is 12.3 Å². The molecule has 3 fully saturated rings. The van der Waals surface area contributed by atoms with Gasteiger partial charge in [-0.05, 0) is 66.8 Å². The molecule has 0 N–H and O–H groups in total. The molecule has 6 atom stereocenters. The van der Waals surface area contributed by atoms with Crippen molar-refractivity contribution in [3.05, 3.63) is 11.6 Å². The van der Waals surface area contributed by atoms with Crippen LogP contribution in [-0.4, -0.2) is 11.6 Å². The molecule has 23 heavy (non-hydrogen) atoms. The third-order valence-electron chi connectivity index (χ3n) is 7.99. The number of allylic oxidation sites excluding steroid dienone is 1. The van der Waals surface area contributed by atoms with Crippen LogP contribution in [0.1, 0.15) is 58.8 Å². The number of ketones is 2. The lowest BCUT2D eigenvalue weighted by atomic mass is 9.46. The first-order valence-electron chi connectivity index (χ1n) is 9.14. The minimum Gasteiger partial charge on any atom is -0.295 e. The summed E-state index contributed by atoms with van der Waals surface area (Å²) in [6, 6.07) is 0. The highest BCUT2D eigenvalue weighted by Gasteiger charge is 2.60. The van der Waals surface area contributed by atoms with Crippen LogP contribution in [0.4, 0.5) is 0 Å². The molecule has 0 aliphatic heterocycles. The maximum atomic E-state index is 12.8. The Hall–Kier alpha value is -1.36. The highest BCUT2D eigenvalue weighted by Crippen LogP contribution is 2.65. The van der Waals surface area contributed by atoms with Gasteiger partial charge >= 0.3 is 0 Å². The van der Waals surface area contributed by atoms with Crippen LogP contribution in [0.15, 0.2) is 11.6 Å². The molecule has 0 spiro atoms. The zero-order valence-electron chi connectivity index (χ0n) is 14.2. The zero-order chi connectivity index (χ0) is 16.4. The molecule has 0 aromatic heterocycles. The number of carbonyl (C=O) groups excluding carboxylic acids is 2. The van der Waals surface area contributed by atoms with Crippen molar-refractivity contribution in [1.82, 2.24) is 0 Å². The van der Waals surface area contributed by atoms with Gasteiger partial charge in [0.25, 0.3) is 0 Å². The summed E-state index contributed by atoms with van der Waals surface area (Å²) in [5.41, 5.74) is 0.979. The third kappa shape index (κ3) is 1.89. The van der Waals surface area contributed by atoms with E-state index in [1.165, 1.54) is 12.8 Å². The first kappa shape index (κ1) is 15.2. The predicted octanol–water partition coefficient (Wildman–Crippen LogP) is 3.95. The van der Waals surface area contributed by atoms with E-state index in [9.17, 15) is 9.59 Å². The van der Waals surface area contributed by atoms with E-state index in [-0.39, 0.29) is 22.4 Å². The normalized spacial score (nSPS) is 48.8. The second-order valence-corrected chi connectivity index (χ2v) is 8.79. The molecule has 0 amide bonds. The molecule has 0 saturated heterocycles. The maximum absolute atomic E-state index is 12.8. The van der Waals surface area contributed by atoms with Crippen LogP contribution in [0, 0.1) is 46.8 Å². The van der Waals surface area contributed by atoms with Gasteiger partial charge in [0.1, 0.15) is 0 Å². The van der Waals surface area contributed by atoms with Crippen LogP contribution in [0.5, 0.6) is 0 Å². The average Bonchev–Trinajstić information content (AvgIpc) is 2.86. The minimum atomic E-state index is -0.0799. The highest BCUT2D eigenvalue weighted by molar-refractivity contribution is 6.05. The van der Waals surface area contributed by atoms with Gasteiger partial charge in [0.05, 0.1) is 0 Å². The molecule has 2 heteroatoms. The molecule has 0 bridgehead atoms. The number of hydrogen-bond acceptors (Lipinski definition) is 2. The molecule has 4 rings (SSSR count). The fourth-order valence-electron chi connectivity index (χ4n) is 6.66. The first-order valence-corrected chi connectivity index (χ1v) is 9.14. The van der Waals surface area contributed by atoms with Crippen molar-refractivity contribution in [2.24, 2.45) is 34.5 Å². The van der Waals surface area contributed by atoms with Crippen molar-refractivity contribution in [3.63, 3.8) is 0 Å². The summed E-state index contributed by atoms with van der Waals surface area (Å²) in [6.45, 7) is 4.62. The van der Waals surface area contributed by atoms with Gasteiger partial charge in [0, 0.05) is 24.3 Å². The van der Waals surface area contributed by atoms with Gasteiger partial charge in [0.2, 0.25) is 0 Å². The Kier molecular flexibility index (Phi) is 3.18. The molecular weight excluding hydrogens is 284 g/mol. The number of carbonyl (C=O) groups is 2. The van der Waals surface area contributed by atoms with E-state index in [1.807, 2.05) is 0 Å². The summed E-state index contributed by atoms with van der Waals surface area (Å²) in [5.74, 6) is 5.39. The monoisotopic (exact) mass is 310 g/mol. The molecule has 3 saturated carbocycles. The summed E-state index contributed by atoms with van der Waals surface area (Å²) in [6.07, 6.45) is 14.2. The summed E-state index contributed by atoms with van der Waals surface area (Å²) < 4.78 is 0. The van der Waals surface area contributed by atoms with Gasteiger partial charge in [-0.25, -0.2) is 0 Å². The molecule has 3 unspecified atom stereocenters. The van der Waals surface area contributed by atoms with Gasteiger partial charge < -0.3 is 0 Å². The van der Waals surface area contributed by atoms with E-state index < -0.39 is 0 Å². The van der Waals surface area contributed by atoms with E-state index in [1.54, 1.807) is 6.08 Å². The van der Waals surface area contributed by atoms with Crippen molar-refractivity contribution in [1.29, 1.82) is 0 Å². The van der Waals surface area contributed by atoms with Gasteiger partial charge in [-0.1, -0.05) is 13.8 Å². The number of Topliss-reactive ketones (excluding diaryl/α,β-unsaturated/α-hetero) is 1. The fourth-order valence-corrected chi connectivity index (χ4v) is 6.66. The SMILES string of the molecule is C#C[C@H]1CCC2C3CC(=O)C4=CC(=O)CC[C@]4(C)C3CC[C@@]21C. The van der Waals surface area contributed by atoms with Crippen molar-refractivity contribution >= 4 is 11.6 Å². The smallest absolute Gasteiger partial charge is 0.159 e. The molecule has 4 aliphatic rings. The van der Waals surface area contributed by atoms with Crippen LogP contribution >= 0.6 is 0 Å². The van der Waals surface area contributed by atoms with E-state index in [4.69, 9.17) is 6.42 Å². The quantitative estimate of drug-likeness (QED) is 0.635.